The molecule has 1 aliphatic rings. The highest BCUT2D eigenvalue weighted by Gasteiger charge is 2.51. The van der Waals surface area contributed by atoms with E-state index in [-0.39, 0.29) is 36.5 Å². The summed E-state index contributed by atoms with van der Waals surface area (Å²) in [5.74, 6) is -0.173. The number of benzene rings is 2. The van der Waals surface area contributed by atoms with E-state index >= 15 is 0 Å². The van der Waals surface area contributed by atoms with Gasteiger partial charge < -0.3 is 20.6 Å². The van der Waals surface area contributed by atoms with Crippen LogP contribution in [0.3, 0.4) is 0 Å². The molecule has 0 saturated carbocycles. The smallest absolute Gasteiger partial charge is 0.318 e. The summed E-state index contributed by atoms with van der Waals surface area (Å²) in [5, 5.41) is 15.7. The zero-order valence-electron chi connectivity index (χ0n) is 17.0. The fourth-order valence-electron chi connectivity index (χ4n) is 4.02. The molecule has 29 heavy (non-hydrogen) atoms. The van der Waals surface area contributed by atoms with Gasteiger partial charge in [-0.1, -0.05) is 61.5 Å². The van der Waals surface area contributed by atoms with Crippen molar-refractivity contribution < 1.29 is 14.7 Å². The molecule has 2 aromatic rings. The van der Waals surface area contributed by atoms with Gasteiger partial charge in [-0.15, -0.1) is 0 Å². The van der Waals surface area contributed by atoms with Gasteiger partial charge in [-0.3, -0.25) is 4.79 Å². The number of amides is 3. The van der Waals surface area contributed by atoms with E-state index in [1.54, 1.807) is 4.90 Å². The Morgan fingerprint density at radius 3 is 2.21 bits per heavy atom. The maximum atomic E-state index is 12.6. The van der Waals surface area contributed by atoms with Crippen molar-refractivity contribution in [2.24, 2.45) is 0 Å². The van der Waals surface area contributed by atoms with E-state index in [2.05, 4.69) is 47.0 Å². The molecule has 3 atom stereocenters. The molecule has 3 rings (SSSR count). The third-order valence-electron chi connectivity index (χ3n) is 5.45. The Labute approximate surface area is 171 Å². The molecule has 2 aromatic carbocycles. The number of carbonyl (C=O) groups is 2. The Morgan fingerprint density at radius 2 is 1.62 bits per heavy atom. The molecular weight excluding hydrogens is 366 g/mol. The highest BCUT2D eigenvalue weighted by Crippen LogP contribution is 2.41. The monoisotopic (exact) mass is 395 g/mol. The predicted molar refractivity (Wildman–Crippen MR) is 113 cm³/mol. The van der Waals surface area contributed by atoms with Crippen LogP contribution in [0.25, 0.3) is 11.1 Å². The second kappa shape index (κ2) is 9.56. The summed E-state index contributed by atoms with van der Waals surface area (Å²) in [7, 11) is 0. The molecule has 3 N–H and O–H groups in total. The normalized spacial score (nSPS) is 20.7. The van der Waals surface area contributed by atoms with Crippen LogP contribution in [0.15, 0.2) is 54.6 Å². The van der Waals surface area contributed by atoms with E-state index in [4.69, 9.17) is 0 Å². The second-order valence-corrected chi connectivity index (χ2v) is 7.41. The lowest BCUT2D eigenvalue weighted by Gasteiger charge is -2.54. The maximum absolute atomic E-state index is 12.6. The van der Waals surface area contributed by atoms with Crippen molar-refractivity contribution in [3.8, 4) is 11.1 Å². The minimum Gasteiger partial charge on any atom is -0.394 e. The number of aliphatic hydroxyl groups excluding tert-OH is 1. The molecular formula is C23H29N3O3. The second-order valence-electron chi connectivity index (χ2n) is 7.41. The Morgan fingerprint density at radius 1 is 0.966 bits per heavy atom. The van der Waals surface area contributed by atoms with E-state index in [0.29, 0.717) is 13.1 Å². The first-order chi connectivity index (χ1) is 14.1. The van der Waals surface area contributed by atoms with Crippen molar-refractivity contribution in [1.82, 2.24) is 15.5 Å². The summed E-state index contributed by atoms with van der Waals surface area (Å²) in [6.45, 7) is 4.27. The van der Waals surface area contributed by atoms with Crippen LogP contribution in [0.2, 0.25) is 0 Å². The van der Waals surface area contributed by atoms with Crippen LogP contribution < -0.4 is 10.6 Å². The van der Waals surface area contributed by atoms with Crippen molar-refractivity contribution in [3.63, 3.8) is 0 Å². The van der Waals surface area contributed by atoms with Gasteiger partial charge in [0.05, 0.1) is 18.7 Å². The molecule has 0 aromatic heterocycles. The topological polar surface area (TPSA) is 81.7 Å². The van der Waals surface area contributed by atoms with E-state index in [1.807, 2.05) is 25.1 Å². The number of hydrogen-bond donors (Lipinski definition) is 3. The van der Waals surface area contributed by atoms with Gasteiger partial charge in [0.15, 0.2) is 0 Å². The van der Waals surface area contributed by atoms with Crippen LogP contribution >= 0.6 is 0 Å². The van der Waals surface area contributed by atoms with Crippen molar-refractivity contribution in [2.45, 2.75) is 38.3 Å². The van der Waals surface area contributed by atoms with Gasteiger partial charge in [0.1, 0.15) is 0 Å². The van der Waals surface area contributed by atoms with Crippen LogP contribution in [0.4, 0.5) is 4.79 Å². The van der Waals surface area contributed by atoms with Gasteiger partial charge in [-0.2, -0.15) is 0 Å². The number of likely N-dealkylation sites (tertiary alicyclic amines) is 1. The molecule has 0 radical (unpaired) electrons. The number of nitrogens with zero attached hydrogens (tertiary/aromatic N) is 1. The van der Waals surface area contributed by atoms with Crippen molar-refractivity contribution >= 4 is 11.9 Å². The van der Waals surface area contributed by atoms with Gasteiger partial charge >= 0.3 is 6.03 Å². The van der Waals surface area contributed by atoms with E-state index in [0.717, 1.165) is 23.1 Å². The first-order valence-corrected chi connectivity index (χ1v) is 10.1. The number of rotatable bonds is 7. The molecule has 1 saturated heterocycles. The standard InChI is InChI=1S/C23H29N3O3/c1-3-13-24-23(29)26-20(14-25-16(2)28)22(21(26)15-27)19-11-9-18(10-12-19)17-7-5-4-6-8-17/h4-12,20-22,27H,3,13-15H2,1-2H3,(H,24,29)(H,25,28)/t20-,21+,22-/m1/s1. The summed E-state index contributed by atoms with van der Waals surface area (Å²) in [6, 6.07) is 17.7. The molecule has 154 valence electrons. The zero-order valence-corrected chi connectivity index (χ0v) is 17.0. The highest BCUT2D eigenvalue weighted by atomic mass is 16.3. The highest BCUT2D eigenvalue weighted by molar-refractivity contribution is 5.77. The van der Waals surface area contributed by atoms with Crippen LogP contribution in [0.5, 0.6) is 0 Å². The lowest BCUT2D eigenvalue weighted by molar-refractivity contribution is -0.119. The number of aliphatic hydroxyl groups is 1. The third-order valence-corrected chi connectivity index (χ3v) is 5.45. The minimum absolute atomic E-state index is 0.0379. The van der Waals surface area contributed by atoms with Crippen LogP contribution in [0.1, 0.15) is 31.7 Å². The molecule has 0 bridgehead atoms. The van der Waals surface area contributed by atoms with Crippen molar-refractivity contribution in [3.05, 3.63) is 60.2 Å². The predicted octanol–water partition coefficient (Wildman–Crippen LogP) is 2.74. The SMILES string of the molecule is CCCNC(=O)N1[C@H](CNC(C)=O)[C@@H](c2ccc(-c3ccccc3)cc2)[C@@H]1CO. The summed E-state index contributed by atoms with van der Waals surface area (Å²) >= 11 is 0. The maximum Gasteiger partial charge on any atom is 0.318 e. The van der Waals surface area contributed by atoms with Crippen molar-refractivity contribution in [1.29, 1.82) is 0 Å². The molecule has 3 amide bonds. The molecule has 0 spiro atoms. The average Bonchev–Trinajstić information content (AvgIpc) is 2.72. The molecule has 6 nitrogen and oxygen atoms in total. The largest absolute Gasteiger partial charge is 0.394 e. The summed E-state index contributed by atoms with van der Waals surface area (Å²) in [4.78, 5) is 25.7. The van der Waals surface area contributed by atoms with E-state index in [1.165, 1.54) is 6.92 Å². The molecule has 1 heterocycles. The Balaban J connectivity index is 1.82. The van der Waals surface area contributed by atoms with Crippen LogP contribution in [0, 0.1) is 0 Å². The number of nitrogens with one attached hydrogen (secondary N) is 2. The van der Waals surface area contributed by atoms with Crippen molar-refractivity contribution in [2.75, 3.05) is 19.7 Å². The first kappa shape index (κ1) is 20.9. The van der Waals surface area contributed by atoms with Gasteiger partial charge in [0.2, 0.25) is 5.91 Å². The number of carbonyl (C=O) groups excluding carboxylic acids is 2. The van der Waals surface area contributed by atoms with Gasteiger partial charge in [-0.25, -0.2) is 4.79 Å². The molecule has 0 aliphatic carbocycles. The fourth-order valence-corrected chi connectivity index (χ4v) is 4.02. The average molecular weight is 396 g/mol. The summed E-state index contributed by atoms with van der Waals surface area (Å²) in [6.07, 6.45) is 0.837. The Bertz CT molecular complexity index is 823. The third kappa shape index (κ3) is 4.59. The first-order valence-electron chi connectivity index (χ1n) is 10.1. The Hall–Kier alpha value is -2.86. The number of urea groups is 1. The molecule has 1 fully saturated rings. The number of hydrogen-bond acceptors (Lipinski definition) is 3. The fraction of sp³-hybridized carbons (Fsp3) is 0.391. The molecule has 0 unspecified atom stereocenters. The molecule has 6 heteroatoms. The van der Waals surface area contributed by atoms with E-state index < -0.39 is 0 Å². The lowest BCUT2D eigenvalue weighted by atomic mass is 9.75. The quantitative estimate of drug-likeness (QED) is 0.674. The lowest BCUT2D eigenvalue weighted by Crippen LogP contribution is -2.70. The Kier molecular flexibility index (Phi) is 6.88. The van der Waals surface area contributed by atoms with Gasteiger partial charge in [0, 0.05) is 25.9 Å². The van der Waals surface area contributed by atoms with Gasteiger partial charge in [0.25, 0.3) is 0 Å². The zero-order chi connectivity index (χ0) is 20.8. The molecule has 1 aliphatic heterocycles. The van der Waals surface area contributed by atoms with Crippen LogP contribution in [-0.4, -0.2) is 53.7 Å². The summed E-state index contributed by atoms with van der Waals surface area (Å²) < 4.78 is 0. The van der Waals surface area contributed by atoms with E-state index in [9.17, 15) is 14.7 Å². The minimum atomic E-state index is -0.312. The van der Waals surface area contributed by atoms with Crippen LogP contribution in [-0.2, 0) is 4.79 Å². The van der Waals surface area contributed by atoms with Gasteiger partial charge in [-0.05, 0) is 23.1 Å². The summed E-state index contributed by atoms with van der Waals surface area (Å²) in [5.41, 5.74) is 3.31.